The Morgan fingerprint density at radius 2 is 1.75 bits per heavy atom. The summed E-state index contributed by atoms with van der Waals surface area (Å²) >= 11 is 0. The van der Waals surface area contributed by atoms with Crippen molar-refractivity contribution in [1.82, 2.24) is 4.90 Å². The van der Waals surface area contributed by atoms with Gasteiger partial charge in [-0.15, -0.1) is 12.4 Å². The number of halogens is 2. The molecule has 2 aromatic rings. The van der Waals surface area contributed by atoms with Crippen molar-refractivity contribution in [2.75, 3.05) is 6.54 Å². The Kier molecular flexibility index (Phi) is 8.05. The van der Waals surface area contributed by atoms with Crippen LogP contribution >= 0.6 is 12.4 Å². The van der Waals surface area contributed by atoms with Crippen molar-refractivity contribution >= 4 is 28.2 Å². The first-order chi connectivity index (χ1) is 14.6. The summed E-state index contributed by atoms with van der Waals surface area (Å²) in [6, 6.07) is 16.4. The molecular formula is C23H27ClFN3O3S. The first kappa shape index (κ1) is 25.8. The number of hydrogen-bond donors (Lipinski definition) is 1. The van der Waals surface area contributed by atoms with Crippen molar-refractivity contribution < 1.29 is 17.6 Å². The average Bonchev–Trinajstić information content (AvgIpc) is 3.14. The fourth-order valence-corrected chi connectivity index (χ4v) is 5.14. The van der Waals surface area contributed by atoms with E-state index in [1.807, 2.05) is 48.5 Å². The van der Waals surface area contributed by atoms with E-state index < -0.39 is 38.7 Å². The zero-order chi connectivity index (χ0) is 22.8. The monoisotopic (exact) mass is 479 g/mol. The van der Waals surface area contributed by atoms with E-state index in [4.69, 9.17) is 5.73 Å². The van der Waals surface area contributed by atoms with Gasteiger partial charge >= 0.3 is 0 Å². The molecule has 1 saturated heterocycles. The summed E-state index contributed by atoms with van der Waals surface area (Å²) in [6.45, 7) is 2.54. The highest BCUT2D eigenvalue weighted by molar-refractivity contribution is 7.92. The topological polar surface area (TPSA) is 104 Å². The number of nitriles is 1. The standard InChI is InChI=1S/C23H26FN3O3S.ClH/c1-23(2,21(26)22(28)27-14-19(24)12-20(27)13-25)31(29,30)15-16-8-10-18(11-9-16)17-6-4-3-5-7-17;/h3-11,19-21H,12,14-15,26H2,1-2H3;1H/t19-,20-,21+;/m0./s1. The molecule has 6 nitrogen and oxygen atoms in total. The third-order valence-corrected chi connectivity index (χ3v) is 8.49. The number of rotatable bonds is 6. The molecule has 0 aromatic heterocycles. The summed E-state index contributed by atoms with van der Waals surface area (Å²) in [6.07, 6.45) is -1.40. The normalized spacial score (nSPS) is 19.7. The van der Waals surface area contributed by atoms with E-state index in [0.29, 0.717) is 5.56 Å². The third-order valence-electron chi connectivity index (χ3n) is 5.92. The molecule has 0 radical (unpaired) electrons. The minimum atomic E-state index is -3.85. The second-order valence-electron chi connectivity index (χ2n) is 8.37. The fourth-order valence-electron chi connectivity index (χ4n) is 3.65. The summed E-state index contributed by atoms with van der Waals surface area (Å²) in [5.74, 6) is -1.01. The number of likely N-dealkylation sites (tertiary alicyclic amines) is 1. The lowest BCUT2D eigenvalue weighted by Gasteiger charge is -2.33. The predicted molar refractivity (Wildman–Crippen MR) is 124 cm³/mol. The molecule has 2 aromatic carbocycles. The highest BCUT2D eigenvalue weighted by Crippen LogP contribution is 2.29. The second-order valence-corrected chi connectivity index (χ2v) is 10.9. The molecule has 0 bridgehead atoms. The first-order valence-electron chi connectivity index (χ1n) is 10.0. The minimum Gasteiger partial charge on any atom is -0.322 e. The van der Waals surface area contributed by atoms with E-state index in [2.05, 4.69) is 0 Å². The van der Waals surface area contributed by atoms with Crippen molar-refractivity contribution in [2.45, 2.75) is 49.0 Å². The molecule has 2 N–H and O–H groups in total. The van der Waals surface area contributed by atoms with Crippen LogP contribution in [0.15, 0.2) is 54.6 Å². The summed E-state index contributed by atoms with van der Waals surface area (Å²) in [5.41, 5.74) is 8.64. The van der Waals surface area contributed by atoms with Crippen molar-refractivity contribution in [1.29, 1.82) is 5.26 Å². The molecule has 0 saturated carbocycles. The summed E-state index contributed by atoms with van der Waals surface area (Å²) in [5, 5.41) is 9.18. The molecule has 0 aliphatic carbocycles. The average molecular weight is 480 g/mol. The molecular weight excluding hydrogens is 453 g/mol. The lowest BCUT2D eigenvalue weighted by molar-refractivity contribution is -0.133. The first-order valence-corrected chi connectivity index (χ1v) is 11.7. The Hall–Kier alpha value is -2.47. The Morgan fingerprint density at radius 3 is 2.31 bits per heavy atom. The molecule has 172 valence electrons. The van der Waals surface area contributed by atoms with Crippen molar-refractivity contribution in [2.24, 2.45) is 5.73 Å². The van der Waals surface area contributed by atoms with E-state index in [0.717, 1.165) is 16.0 Å². The maximum atomic E-state index is 13.7. The maximum Gasteiger partial charge on any atom is 0.242 e. The number of amides is 1. The Labute approximate surface area is 194 Å². The van der Waals surface area contributed by atoms with Gasteiger partial charge in [0.2, 0.25) is 5.91 Å². The van der Waals surface area contributed by atoms with Crippen LogP contribution in [0.1, 0.15) is 25.8 Å². The van der Waals surface area contributed by atoms with Crippen LogP contribution < -0.4 is 5.73 Å². The van der Waals surface area contributed by atoms with E-state index in [9.17, 15) is 22.9 Å². The molecule has 1 aliphatic heterocycles. The van der Waals surface area contributed by atoms with Gasteiger partial charge in [-0.2, -0.15) is 5.26 Å². The predicted octanol–water partition coefficient (Wildman–Crippen LogP) is 3.26. The number of carbonyl (C=O) groups is 1. The van der Waals surface area contributed by atoms with Gasteiger partial charge in [0, 0.05) is 6.42 Å². The van der Waals surface area contributed by atoms with Gasteiger partial charge in [0.05, 0.1) is 23.1 Å². The van der Waals surface area contributed by atoms with Gasteiger partial charge < -0.3 is 10.6 Å². The number of nitrogens with zero attached hydrogens (tertiary/aromatic N) is 2. The Bertz CT molecular complexity index is 1090. The zero-order valence-electron chi connectivity index (χ0n) is 17.9. The summed E-state index contributed by atoms with van der Waals surface area (Å²) in [4.78, 5) is 13.9. The lowest BCUT2D eigenvalue weighted by Crippen LogP contribution is -2.59. The van der Waals surface area contributed by atoms with Crippen LogP contribution in [0, 0.1) is 11.3 Å². The van der Waals surface area contributed by atoms with E-state index in [1.165, 1.54) is 13.8 Å². The van der Waals surface area contributed by atoms with Gasteiger partial charge in [0.1, 0.15) is 18.3 Å². The highest BCUT2D eigenvalue weighted by atomic mass is 35.5. The third kappa shape index (κ3) is 5.12. The van der Waals surface area contributed by atoms with Gasteiger partial charge in [-0.05, 0) is 30.5 Å². The van der Waals surface area contributed by atoms with Crippen LogP contribution in [0.25, 0.3) is 11.1 Å². The molecule has 1 amide bonds. The number of carbonyl (C=O) groups excluding carboxylic acids is 1. The fraction of sp³-hybridized carbons (Fsp3) is 0.391. The Balaban J connectivity index is 0.00000363. The van der Waals surface area contributed by atoms with E-state index >= 15 is 0 Å². The zero-order valence-corrected chi connectivity index (χ0v) is 19.6. The lowest BCUT2D eigenvalue weighted by atomic mass is 10.0. The molecule has 1 aliphatic rings. The van der Waals surface area contributed by atoms with Crippen LogP contribution in [0.3, 0.4) is 0 Å². The van der Waals surface area contributed by atoms with Crippen molar-refractivity contribution in [3.63, 3.8) is 0 Å². The quantitative estimate of drug-likeness (QED) is 0.684. The van der Waals surface area contributed by atoms with Crippen LogP contribution in [0.5, 0.6) is 0 Å². The number of alkyl halides is 1. The molecule has 3 atom stereocenters. The van der Waals surface area contributed by atoms with Crippen LogP contribution in [0.4, 0.5) is 4.39 Å². The second kappa shape index (κ2) is 9.99. The maximum absolute atomic E-state index is 13.7. The van der Waals surface area contributed by atoms with Crippen molar-refractivity contribution in [3.05, 3.63) is 60.2 Å². The summed E-state index contributed by atoms with van der Waals surface area (Å²) < 4.78 is 38.4. The van der Waals surface area contributed by atoms with Gasteiger partial charge in [-0.25, -0.2) is 12.8 Å². The van der Waals surface area contributed by atoms with Crippen LogP contribution in [0.2, 0.25) is 0 Å². The smallest absolute Gasteiger partial charge is 0.242 e. The molecule has 1 fully saturated rings. The van der Waals surface area contributed by atoms with Crippen LogP contribution in [-0.2, 0) is 20.4 Å². The van der Waals surface area contributed by atoms with Gasteiger partial charge in [0.15, 0.2) is 9.84 Å². The van der Waals surface area contributed by atoms with Gasteiger partial charge in [0.25, 0.3) is 0 Å². The summed E-state index contributed by atoms with van der Waals surface area (Å²) in [7, 11) is -3.85. The SMILES string of the molecule is CC(C)([C@H](N)C(=O)N1C[C@@H](F)C[C@H]1C#N)S(=O)(=O)Cc1ccc(-c2ccccc2)cc1.Cl. The number of sulfone groups is 1. The number of hydrogen-bond acceptors (Lipinski definition) is 5. The van der Waals surface area contributed by atoms with E-state index in [-0.39, 0.29) is 31.1 Å². The molecule has 3 rings (SSSR count). The molecule has 32 heavy (non-hydrogen) atoms. The van der Waals surface area contributed by atoms with Crippen molar-refractivity contribution in [3.8, 4) is 17.2 Å². The number of nitrogens with two attached hydrogens (primary N) is 1. The van der Waals surface area contributed by atoms with E-state index in [1.54, 1.807) is 12.1 Å². The molecule has 1 heterocycles. The molecule has 0 unspecified atom stereocenters. The largest absolute Gasteiger partial charge is 0.322 e. The molecule has 9 heteroatoms. The highest BCUT2D eigenvalue weighted by Gasteiger charge is 2.47. The molecule has 0 spiro atoms. The Morgan fingerprint density at radius 1 is 1.19 bits per heavy atom. The van der Waals surface area contributed by atoms with Gasteiger partial charge in [-0.3, -0.25) is 4.79 Å². The van der Waals surface area contributed by atoms with Crippen LogP contribution in [-0.4, -0.2) is 48.8 Å². The van der Waals surface area contributed by atoms with Gasteiger partial charge in [-0.1, -0.05) is 54.6 Å². The minimum absolute atomic E-state index is 0. The number of benzene rings is 2.